The summed E-state index contributed by atoms with van der Waals surface area (Å²) >= 11 is 5.84. The third-order valence-corrected chi connectivity index (χ3v) is 3.59. The van der Waals surface area contributed by atoms with Crippen molar-refractivity contribution < 1.29 is 13.9 Å². The molecule has 0 atom stereocenters. The maximum absolute atomic E-state index is 13.3. The summed E-state index contributed by atoms with van der Waals surface area (Å²) in [5.41, 5.74) is 7.24. The first-order chi connectivity index (χ1) is 12.5. The molecule has 0 fully saturated rings. The highest BCUT2D eigenvalue weighted by Gasteiger charge is 2.22. The number of anilines is 3. The van der Waals surface area contributed by atoms with Crippen molar-refractivity contribution >= 4 is 34.9 Å². The fourth-order valence-corrected chi connectivity index (χ4v) is 2.43. The molecule has 2 N–H and O–H groups in total. The van der Waals surface area contributed by atoms with Gasteiger partial charge in [-0.2, -0.15) is 4.98 Å². The maximum Gasteiger partial charge on any atom is 0.420 e. The van der Waals surface area contributed by atoms with Crippen molar-refractivity contribution in [2.24, 2.45) is 0 Å². The molecule has 3 aromatic rings. The van der Waals surface area contributed by atoms with Gasteiger partial charge in [0.05, 0.1) is 5.69 Å². The molecule has 3 rings (SSSR count). The molecular formula is C18H14ClFN4O2. The van der Waals surface area contributed by atoms with Crippen molar-refractivity contribution in [2.75, 3.05) is 10.6 Å². The lowest BCUT2D eigenvalue weighted by molar-refractivity contribution is 0.149. The molecule has 0 spiro atoms. The van der Waals surface area contributed by atoms with Gasteiger partial charge in [0.25, 0.3) is 0 Å². The largest absolute Gasteiger partial charge is 0.444 e. The number of ether oxygens (including phenoxy) is 1. The minimum absolute atomic E-state index is 0.0191. The van der Waals surface area contributed by atoms with Gasteiger partial charge >= 0.3 is 6.09 Å². The zero-order valence-corrected chi connectivity index (χ0v) is 14.2. The van der Waals surface area contributed by atoms with Gasteiger partial charge in [-0.1, -0.05) is 18.2 Å². The molecule has 6 nitrogen and oxygen atoms in total. The molecule has 0 aliphatic carbocycles. The number of hydrogen-bond donors (Lipinski definition) is 1. The number of benzene rings is 2. The highest BCUT2D eigenvalue weighted by Crippen LogP contribution is 2.27. The van der Waals surface area contributed by atoms with Crippen LogP contribution in [0.15, 0.2) is 60.8 Å². The van der Waals surface area contributed by atoms with Crippen molar-refractivity contribution in [2.45, 2.75) is 6.61 Å². The van der Waals surface area contributed by atoms with Crippen LogP contribution in [0.25, 0.3) is 0 Å². The molecule has 0 saturated heterocycles. The van der Waals surface area contributed by atoms with E-state index in [1.165, 1.54) is 29.3 Å². The van der Waals surface area contributed by atoms with E-state index in [1.807, 2.05) is 0 Å². The summed E-state index contributed by atoms with van der Waals surface area (Å²) in [6, 6.07) is 14.0. The Morgan fingerprint density at radius 1 is 1.19 bits per heavy atom. The molecular weight excluding hydrogens is 359 g/mol. The Bertz CT molecular complexity index is 893. The predicted octanol–water partition coefficient (Wildman–Crippen LogP) is 4.33. The lowest BCUT2D eigenvalue weighted by atomic mass is 10.2. The second-order valence-corrected chi connectivity index (χ2v) is 5.64. The van der Waals surface area contributed by atoms with Gasteiger partial charge in [-0.15, -0.1) is 0 Å². The van der Waals surface area contributed by atoms with Crippen LogP contribution in [0, 0.1) is 5.82 Å². The number of nitrogens with zero attached hydrogens (tertiary/aromatic N) is 3. The Morgan fingerprint density at radius 3 is 2.73 bits per heavy atom. The fourth-order valence-electron chi connectivity index (χ4n) is 2.28. The Morgan fingerprint density at radius 2 is 2.00 bits per heavy atom. The minimum Gasteiger partial charge on any atom is -0.444 e. The first kappa shape index (κ1) is 17.6. The predicted molar refractivity (Wildman–Crippen MR) is 96.6 cm³/mol. The molecule has 8 heteroatoms. The number of aromatic nitrogens is 2. The summed E-state index contributed by atoms with van der Waals surface area (Å²) in [5.74, 6) is -0.186. The van der Waals surface area contributed by atoms with E-state index in [0.29, 0.717) is 16.9 Å². The van der Waals surface area contributed by atoms with Gasteiger partial charge in [0.15, 0.2) is 0 Å². The topological polar surface area (TPSA) is 81.3 Å². The molecule has 2 aromatic carbocycles. The number of hydrogen-bond acceptors (Lipinski definition) is 5. The van der Waals surface area contributed by atoms with E-state index in [9.17, 15) is 9.18 Å². The van der Waals surface area contributed by atoms with Crippen LogP contribution in [-0.2, 0) is 11.3 Å². The standard InChI is InChI=1S/C18H14ClFN4O2/c19-17-22-8-7-16(23-17)24(15-6-2-5-14(21)10-15)18(25)26-11-12-3-1-4-13(20)9-12/h1-10H,11,21H2. The van der Waals surface area contributed by atoms with Crippen LogP contribution >= 0.6 is 11.6 Å². The molecule has 0 aliphatic heterocycles. The number of carbonyl (C=O) groups excluding carboxylic acids is 1. The number of nitrogen functional groups attached to an aromatic ring is 1. The summed E-state index contributed by atoms with van der Waals surface area (Å²) < 4.78 is 18.6. The van der Waals surface area contributed by atoms with Gasteiger partial charge in [-0.25, -0.2) is 19.1 Å². The second kappa shape index (κ2) is 7.79. The number of amides is 1. The van der Waals surface area contributed by atoms with Gasteiger partial charge in [-0.3, -0.25) is 0 Å². The molecule has 0 saturated carbocycles. The summed E-state index contributed by atoms with van der Waals surface area (Å²) in [7, 11) is 0. The molecule has 0 bridgehead atoms. The normalized spacial score (nSPS) is 10.4. The van der Waals surface area contributed by atoms with Crippen LogP contribution < -0.4 is 10.6 Å². The fraction of sp³-hybridized carbons (Fsp3) is 0.0556. The van der Waals surface area contributed by atoms with E-state index < -0.39 is 11.9 Å². The van der Waals surface area contributed by atoms with E-state index in [2.05, 4.69) is 9.97 Å². The third kappa shape index (κ3) is 4.25. The van der Waals surface area contributed by atoms with Gasteiger partial charge in [0.1, 0.15) is 18.2 Å². The average molecular weight is 373 g/mol. The van der Waals surface area contributed by atoms with Crippen molar-refractivity contribution in [3.63, 3.8) is 0 Å². The van der Waals surface area contributed by atoms with Crippen LogP contribution in [0.2, 0.25) is 5.28 Å². The first-order valence-corrected chi connectivity index (χ1v) is 7.96. The summed E-state index contributed by atoms with van der Waals surface area (Å²) in [5, 5.41) is -0.0191. The van der Waals surface area contributed by atoms with Gasteiger partial charge < -0.3 is 10.5 Å². The summed E-state index contributed by atoms with van der Waals surface area (Å²) in [6.45, 7) is -0.103. The lowest BCUT2D eigenvalue weighted by Crippen LogP contribution is -2.27. The van der Waals surface area contributed by atoms with E-state index >= 15 is 0 Å². The molecule has 1 aromatic heterocycles. The quantitative estimate of drug-likeness (QED) is 0.544. The van der Waals surface area contributed by atoms with Crippen LogP contribution in [0.4, 0.5) is 26.4 Å². The molecule has 0 unspecified atom stereocenters. The first-order valence-electron chi connectivity index (χ1n) is 7.58. The van der Waals surface area contributed by atoms with Crippen molar-refractivity contribution in [3.05, 3.63) is 77.5 Å². The molecule has 1 heterocycles. The lowest BCUT2D eigenvalue weighted by Gasteiger charge is -2.21. The number of halogens is 2. The van der Waals surface area contributed by atoms with E-state index in [4.69, 9.17) is 22.1 Å². The second-order valence-electron chi connectivity index (χ2n) is 5.30. The highest BCUT2D eigenvalue weighted by atomic mass is 35.5. The number of carbonyl (C=O) groups is 1. The van der Waals surface area contributed by atoms with Gasteiger partial charge in [0.2, 0.25) is 5.28 Å². The van der Waals surface area contributed by atoms with Crippen molar-refractivity contribution in [1.82, 2.24) is 9.97 Å². The van der Waals surface area contributed by atoms with Crippen LogP contribution in [0.5, 0.6) is 0 Å². The van der Waals surface area contributed by atoms with Crippen LogP contribution in [0.3, 0.4) is 0 Å². The molecule has 0 radical (unpaired) electrons. The minimum atomic E-state index is -0.713. The van der Waals surface area contributed by atoms with E-state index in [-0.39, 0.29) is 17.7 Å². The maximum atomic E-state index is 13.3. The Kier molecular flexibility index (Phi) is 5.28. The molecule has 132 valence electrons. The Balaban J connectivity index is 1.88. The smallest absolute Gasteiger partial charge is 0.420 e. The SMILES string of the molecule is Nc1cccc(N(C(=O)OCc2cccc(F)c2)c2ccnc(Cl)n2)c1. The Hall–Kier alpha value is -3.19. The summed E-state index contributed by atoms with van der Waals surface area (Å²) in [4.78, 5) is 21.8. The summed E-state index contributed by atoms with van der Waals surface area (Å²) in [6.07, 6.45) is 0.707. The monoisotopic (exact) mass is 372 g/mol. The third-order valence-electron chi connectivity index (χ3n) is 3.40. The van der Waals surface area contributed by atoms with Crippen LogP contribution in [0.1, 0.15) is 5.56 Å². The highest BCUT2D eigenvalue weighted by molar-refractivity contribution is 6.28. The average Bonchev–Trinajstić information content (AvgIpc) is 2.60. The number of rotatable bonds is 4. The zero-order chi connectivity index (χ0) is 18.5. The van der Waals surface area contributed by atoms with Crippen molar-refractivity contribution in [3.8, 4) is 0 Å². The molecule has 0 aliphatic rings. The zero-order valence-electron chi connectivity index (χ0n) is 13.5. The van der Waals surface area contributed by atoms with Crippen LogP contribution in [-0.4, -0.2) is 16.1 Å². The number of nitrogens with two attached hydrogens (primary N) is 1. The van der Waals surface area contributed by atoms with E-state index in [0.717, 1.165) is 0 Å². The van der Waals surface area contributed by atoms with Gasteiger partial charge in [0, 0.05) is 18.0 Å². The Labute approximate surface area is 154 Å². The van der Waals surface area contributed by atoms with E-state index in [1.54, 1.807) is 36.4 Å². The molecule has 1 amide bonds. The van der Waals surface area contributed by atoms with Gasteiger partial charge in [-0.05, 0) is 47.5 Å². The van der Waals surface area contributed by atoms with Crippen molar-refractivity contribution in [1.29, 1.82) is 0 Å². The molecule has 26 heavy (non-hydrogen) atoms.